The molecule has 0 aliphatic rings. The molecule has 0 saturated heterocycles. The summed E-state index contributed by atoms with van der Waals surface area (Å²) in [5.41, 5.74) is 1.20. The van der Waals surface area contributed by atoms with Crippen molar-refractivity contribution < 1.29 is 9.22 Å². The van der Waals surface area contributed by atoms with Gasteiger partial charge in [-0.3, -0.25) is 4.79 Å². The van der Waals surface area contributed by atoms with E-state index >= 15 is 0 Å². The summed E-state index contributed by atoms with van der Waals surface area (Å²) in [6, 6.07) is 0. The highest BCUT2D eigenvalue weighted by atomic mass is 28.4. The van der Waals surface area contributed by atoms with Crippen LogP contribution in [0.15, 0.2) is 23.8 Å². The zero-order valence-electron chi connectivity index (χ0n) is 15.2. The fraction of sp³-hybridized carbons (Fsp3) is 0.722. The van der Waals surface area contributed by atoms with E-state index in [9.17, 15) is 4.79 Å². The summed E-state index contributed by atoms with van der Waals surface area (Å²) in [6.07, 6.45) is 7.62. The summed E-state index contributed by atoms with van der Waals surface area (Å²) in [5, 5.41) is 0.250. The van der Waals surface area contributed by atoms with Gasteiger partial charge in [0.2, 0.25) is 0 Å². The number of carbonyl (C=O) groups excluding carboxylic acids is 1. The Morgan fingerprint density at radius 1 is 1.29 bits per heavy atom. The Balaban J connectivity index is 4.35. The van der Waals surface area contributed by atoms with Crippen LogP contribution in [0.4, 0.5) is 0 Å². The van der Waals surface area contributed by atoms with Crippen molar-refractivity contribution in [3.05, 3.63) is 23.8 Å². The SMILES string of the molecule is CCC(=O)CC(C)/C=C/C(C)=C/CO[Si](C)(C)C(C)(C)C. The largest absolute Gasteiger partial charge is 0.413 e. The zero-order chi connectivity index (χ0) is 16.7. The van der Waals surface area contributed by atoms with E-state index in [1.165, 1.54) is 5.57 Å². The molecule has 0 aliphatic carbocycles. The number of allylic oxidation sites excluding steroid dienone is 3. The van der Waals surface area contributed by atoms with Crippen LogP contribution in [0.3, 0.4) is 0 Å². The highest BCUT2D eigenvalue weighted by Gasteiger charge is 2.36. The normalized spacial score (nSPS) is 15.5. The number of ketones is 1. The number of Topliss-reactive ketones (excluding diaryl/α,β-unsaturated/α-hetero) is 1. The Kier molecular flexibility index (Phi) is 8.41. The lowest BCUT2D eigenvalue weighted by atomic mass is 10.0. The maximum Gasteiger partial charge on any atom is 0.192 e. The van der Waals surface area contributed by atoms with E-state index in [0.717, 1.165) is 0 Å². The maximum absolute atomic E-state index is 11.4. The van der Waals surface area contributed by atoms with Gasteiger partial charge in [-0.15, -0.1) is 0 Å². The van der Waals surface area contributed by atoms with E-state index in [0.29, 0.717) is 31.1 Å². The summed E-state index contributed by atoms with van der Waals surface area (Å²) < 4.78 is 6.13. The van der Waals surface area contributed by atoms with Gasteiger partial charge in [-0.2, -0.15) is 0 Å². The average molecular weight is 311 g/mol. The molecule has 3 heteroatoms. The van der Waals surface area contributed by atoms with Gasteiger partial charge in [0, 0.05) is 12.8 Å². The summed E-state index contributed by atoms with van der Waals surface area (Å²) in [5.74, 6) is 0.636. The number of hydrogen-bond acceptors (Lipinski definition) is 2. The van der Waals surface area contributed by atoms with Crippen LogP contribution in [0.5, 0.6) is 0 Å². The molecule has 0 rings (SSSR count). The maximum atomic E-state index is 11.4. The van der Waals surface area contributed by atoms with Crippen LogP contribution in [0.25, 0.3) is 0 Å². The Morgan fingerprint density at radius 2 is 1.86 bits per heavy atom. The molecule has 0 aromatic heterocycles. The monoisotopic (exact) mass is 310 g/mol. The number of carbonyl (C=O) groups is 1. The summed E-state index contributed by atoms with van der Waals surface area (Å²) in [4.78, 5) is 11.4. The molecule has 0 bridgehead atoms. The standard InChI is InChI=1S/C18H34O2Si/c1-9-17(19)14-16(3)11-10-15(2)12-13-20-21(7,8)18(4,5)6/h10-12,16H,9,13-14H2,1-8H3/b11-10+,15-12+. The smallest absolute Gasteiger partial charge is 0.192 e. The first-order valence-corrected chi connectivity index (χ1v) is 10.9. The molecule has 122 valence electrons. The lowest BCUT2D eigenvalue weighted by molar-refractivity contribution is -0.119. The van der Waals surface area contributed by atoms with Gasteiger partial charge in [-0.1, -0.05) is 58.4 Å². The lowest BCUT2D eigenvalue weighted by Gasteiger charge is -2.35. The Morgan fingerprint density at radius 3 is 2.33 bits per heavy atom. The van der Waals surface area contributed by atoms with Crippen LogP contribution in [-0.4, -0.2) is 20.7 Å². The molecule has 0 aromatic rings. The van der Waals surface area contributed by atoms with E-state index < -0.39 is 8.32 Å². The first kappa shape index (κ1) is 20.3. The molecule has 0 fully saturated rings. The predicted molar refractivity (Wildman–Crippen MR) is 95.1 cm³/mol. The van der Waals surface area contributed by atoms with E-state index in [1.54, 1.807) is 0 Å². The fourth-order valence-electron chi connectivity index (χ4n) is 1.55. The third-order valence-corrected chi connectivity index (χ3v) is 8.79. The van der Waals surface area contributed by atoms with Crippen molar-refractivity contribution in [2.45, 2.75) is 72.5 Å². The van der Waals surface area contributed by atoms with Gasteiger partial charge in [-0.25, -0.2) is 0 Å². The minimum atomic E-state index is -1.66. The van der Waals surface area contributed by atoms with Gasteiger partial charge in [0.15, 0.2) is 8.32 Å². The minimum absolute atomic E-state index is 0.250. The molecule has 0 aromatic carbocycles. The van der Waals surface area contributed by atoms with Gasteiger partial charge in [0.1, 0.15) is 5.78 Å². The van der Waals surface area contributed by atoms with Gasteiger partial charge >= 0.3 is 0 Å². The molecule has 0 spiro atoms. The van der Waals surface area contributed by atoms with Gasteiger partial charge < -0.3 is 4.43 Å². The zero-order valence-corrected chi connectivity index (χ0v) is 16.2. The molecule has 1 unspecified atom stereocenters. The topological polar surface area (TPSA) is 26.3 Å². The third-order valence-electron chi connectivity index (χ3n) is 4.29. The fourth-order valence-corrected chi connectivity index (χ4v) is 2.49. The van der Waals surface area contributed by atoms with Crippen molar-refractivity contribution in [3.63, 3.8) is 0 Å². The average Bonchev–Trinajstić information content (AvgIpc) is 2.34. The quantitative estimate of drug-likeness (QED) is 0.436. The second-order valence-corrected chi connectivity index (χ2v) is 12.3. The Bertz CT molecular complexity index is 387. The molecular weight excluding hydrogens is 276 g/mol. The van der Waals surface area contributed by atoms with Crippen molar-refractivity contribution >= 4 is 14.1 Å². The summed E-state index contributed by atoms with van der Waals surface area (Å²) in [7, 11) is -1.66. The molecule has 21 heavy (non-hydrogen) atoms. The summed E-state index contributed by atoms with van der Waals surface area (Å²) in [6.45, 7) is 18.1. The molecule has 0 heterocycles. The first-order valence-electron chi connectivity index (χ1n) is 8.00. The second kappa shape index (κ2) is 8.69. The van der Waals surface area contributed by atoms with Gasteiger partial charge in [-0.05, 0) is 31.0 Å². The van der Waals surface area contributed by atoms with Crippen molar-refractivity contribution in [2.75, 3.05) is 6.61 Å². The molecular formula is C18H34O2Si. The van der Waals surface area contributed by atoms with Crippen molar-refractivity contribution in [1.82, 2.24) is 0 Å². The first-order chi connectivity index (χ1) is 9.49. The van der Waals surface area contributed by atoms with Crippen molar-refractivity contribution in [1.29, 1.82) is 0 Å². The van der Waals surface area contributed by atoms with Crippen LogP contribution in [0.1, 0.15) is 54.4 Å². The molecule has 1 atom stereocenters. The lowest BCUT2D eigenvalue weighted by Crippen LogP contribution is -2.40. The van der Waals surface area contributed by atoms with Crippen LogP contribution in [0.2, 0.25) is 18.1 Å². The van der Waals surface area contributed by atoms with E-state index in [-0.39, 0.29) is 5.04 Å². The van der Waals surface area contributed by atoms with Crippen LogP contribution >= 0.6 is 0 Å². The van der Waals surface area contributed by atoms with Crippen molar-refractivity contribution in [3.8, 4) is 0 Å². The van der Waals surface area contributed by atoms with Gasteiger partial charge in [0.25, 0.3) is 0 Å². The highest BCUT2D eigenvalue weighted by Crippen LogP contribution is 2.36. The van der Waals surface area contributed by atoms with E-state index in [1.807, 2.05) is 6.92 Å². The molecule has 0 N–H and O–H groups in total. The number of rotatable bonds is 8. The summed E-state index contributed by atoms with van der Waals surface area (Å²) >= 11 is 0. The Hall–Kier alpha value is -0.673. The Labute approximate surface area is 132 Å². The second-order valence-electron chi connectivity index (χ2n) is 7.45. The van der Waals surface area contributed by atoms with Crippen LogP contribution in [-0.2, 0) is 9.22 Å². The predicted octanol–water partition coefficient (Wildman–Crippen LogP) is 5.52. The molecule has 0 radical (unpaired) electrons. The highest BCUT2D eigenvalue weighted by molar-refractivity contribution is 6.74. The molecule has 0 amide bonds. The van der Waals surface area contributed by atoms with Crippen LogP contribution in [0, 0.1) is 5.92 Å². The van der Waals surface area contributed by atoms with Gasteiger partial charge in [0.05, 0.1) is 6.61 Å². The molecule has 0 aliphatic heterocycles. The molecule has 2 nitrogen and oxygen atoms in total. The third kappa shape index (κ3) is 8.37. The van der Waals surface area contributed by atoms with E-state index in [4.69, 9.17) is 4.43 Å². The van der Waals surface area contributed by atoms with Crippen molar-refractivity contribution in [2.24, 2.45) is 5.92 Å². The van der Waals surface area contributed by atoms with E-state index in [2.05, 4.69) is 65.9 Å². The number of hydrogen-bond donors (Lipinski definition) is 0. The van der Waals surface area contributed by atoms with Crippen LogP contribution < -0.4 is 0 Å². The molecule has 0 saturated carbocycles. The minimum Gasteiger partial charge on any atom is -0.413 e.